The quantitative estimate of drug-likeness (QED) is 0.129. The van der Waals surface area contributed by atoms with Gasteiger partial charge in [0, 0.05) is 5.69 Å². The van der Waals surface area contributed by atoms with Gasteiger partial charge in [-0.05, 0) is 90.6 Å². The molecule has 3 aromatic carbocycles. The van der Waals surface area contributed by atoms with Crippen LogP contribution in [0.2, 0.25) is 0 Å². The molecule has 1 aliphatic carbocycles. The van der Waals surface area contributed by atoms with Gasteiger partial charge in [0.15, 0.2) is 0 Å². The van der Waals surface area contributed by atoms with Crippen molar-refractivity contribution in [3.05, 3.63) is 107 Å². The average molecular weight is 591 g/mol. The lowest BCUT2D eigenvalue weighted by molar-refractivity contribution is -0.0884. The van der Waals surface area contributed by atoms with E-state index in [4.69, 9.17) is 4.74 Å². The minimum atomic E-state index is -4.53. The maximum atomic E-state index is 13.8. The van der Waals surface area contributed by atoms with Crippen LogP contribution in [-0.2, 0) is 0 Å². The molecule has 2 atom stereocenters. The lowest BCUT2D eigenvalue weighted by Crippen LogP contribution is -2.24. The van der Waals surface area contributed by atoms with Crippen LogP contribution in [0.25, 0.3) is 0 Å². The number of hydrogen-bond acceptors (Lipinski definition) is 5. The Morgan fingerprint density at radius 2 is 1.86 bits per heavy atom. The van der Waals surface area contributed by atoms with Gasteiger partial charge in [-0.2, -0.15) is 18.4 Å². The van der Waals surface area contributed by atoms with E-state index in [2.05, 4.69) is 24.9 Å². The van der Waals surface area contributed by atoms with Crippen molar-refractivity contribution in [1.29, 1.82) is 5.26 Å². The summed E-state index contributed by atoms with van der Waals surface area (Å²) in [7, 11) is 4.28. The number of ether oxygens (including phenoxy) is 1. The lowest BCUT2D eigenvalue weighted by Gasteiger charge is -2.21. The zero-order valence-electron chi connectivity index (χ0n) is 23.6. The van der Waals surface area contributed by atoms with E-state index in [0.29, 0.717) is 22.9 Å². The Kier molecular flexibility index (Phi) is 10.6. The van der Waals surface area contributed by atoms with E-state index in [-0.39, 0.29) is 18.2 Å². The van der Waals surface area contributed by atoms with Gasteiger partial charge in [-0.1, -0.05) is 43.3 Å². The fraction of sp³-hybridized carbons (Fsp3) is 0.273. The predicted molar refractivity (Wildman–Crippen MR) is 167 cm³/mol. The van der Waals surface area contributed by atoms with Gasteiger partial charge in [0.25, 0.3) is 0 Å². The Hall–Kier alpha value is -3.92. The highest BCUT2D eigenvalue weighted by molar-refractivity contribution is 7.28. The van der Waals surface area contributed by atoms with Crippen LogP contribution in [-0.4, -0.2) is 26.0 Å². The van der Waals surface area contributed by atoms with Crippen molar-refractivity contribution < 1.29 is 17.9 Å². The standard InChI is InChI=1S/C33H34F3N4OP/c1-3-5-26(33(34,35)36)18-28(40-27-7-4-6-23(16-27)19-37)21-38-30-17-25(12-15-31(30)42)32(39-20-22-8-9-22)24-10-13-29(41-2)14-11-24/h4-7,10-18,21-22,32,39-40H,3,8-9,20,42H2,1-2H3/b26-5-,28-18-,38-21?. The first-order chi connectivity index (χ1) is 20.2. The molecule has 5 nitrogen and oxygen atoms in total. The van der Waals surface area contributed by atoms with Crippen LogP contribution in [0.4, 0.5) is 24.5 Å². The molecule has 0 saturated heterocycles. The Morgan fingerprint density at radius 1 is 1.12 bits per heavy atom. The molecular weight excluding hydrogens is 556 g/mol. The molecule has 1 fully saturated rings. The summed E-state index contributed by atoms with van der Waals surface area (Å²) in [6.07, 6.45) is 1.68. The molecule has 4 rings (SSSR count). The van der Waals surface area contributed by atoms with Crippen molar-refractivity contribution in [2.75, 3.05) is 19.0 Å². The number of anilines is 1. The average Bonchev–Trinajstić information content (AvgIpc) is 3.81. The monoisotopic (exact) mass is 590 g/mol. The number of nitrogens with one attached hydrogen (secondary N) is 2. The zero-order chi connectivity index (χ0) is 30.1. The lowest BCUT2D eigenvalue weighted by atomic mass is 9.97. The van der Waals surface area contributed by atoms with Crippen molar-refractivity contribution >= 4 is 32.1 Å². The van der Waals surface area contributed by atoms with Crippen molar-refractivity contribution in [1.82, 2.24) is 5.32 Å². The van der Waals surface area contributed by atoms with E-state index in [0.717, 1.165) is 40.9 Å². The smallest absolute Gasteiger partial charge is 0.416 e. The van der Waals surface area contributed by atoms with E-state index < -0.39 is 11.7 Å². The highest BCUT2D eigenvalue weighted by Gasteiger charge is 2.32. The first kappa shape index (κ1) is 31.0. The Labute approximate surface area is 247 Å². The maximum absolute atomic E-state index is 13.8. The number of halogens is 3. The van der Waals surface area contributed by atoms with Gasteiger partial charge in [-0.25, -0.2) is 0 Å². The molecule has 0 spiro atoms. The van der Waals surface area contributed by atoms with Crippen molar-refractivity contribution in [3.8, 4) is 11.8 Å². The summed E-state index contributed by atoms with van der Waals surface area (Å²) in [5, 5.41) is 16.8. The van der Waals surface area contributed by atoms with Crippen LogP contribution in [0.5, 0.6) is 5.75 Å². The van der Waals surface area contributed by atoms with Crippen molar-refractivity contribution in [2.45, 2.75) is 38.4 Å². The molecule has 3 aromatic rings. The molecule has 2 N–H and O–H groups in total. The molecule has 0 heterocycles. The van der Waals surface area contributed by atoms with Crippen LogP contribution in [0.3, 0.4) is 0 Å². The predicted octanol–water partition coefficient (Wildman–Crippen LogP) is 7.75. The molecule has 0 bridgehead atoms. The molecule has 218 valence electrons. The normalized spacial score (nSPS) is 15.0. The summed E-state index contributed by atoms with van der Waals surface area (Å²) in [6.45, 7) is 2.54. The minimum Gasteiger partial charge on any atom is -0.497 e. The van der Waals surface area contributed by atoms with Gasteiger partial charge in [0.1, 0.15) is 5.75 Å². The summed E-state index contributed by atoms with van der Waals surface area (Å²) in [6, 6.07) is 22.3. The summed E-state index contributed by atoms with van der Waals surface area (Å²) in [5.41, 5.74) is 2.89. The Balaban J connectivity index is 1.70. The van der Waals surface area contributed by atoms with E-state index in [1.54, 1.807) is 38.3 Å². The molecule has 2 unspecified atom stereocenters. The minimum absolute atomic E-state index is 0.0952. The number of rotatable bonds is 12. The first-order valence-electron chi connectivity index (χ1n) is 13.8. The topological polar surface area (TPSA) is 69.4 Å². The number of alkyl halides is 3. The molecular formula is C33H34F3N4OP. The summed E-state index contributed by atoms with van der Waals surface area (Å²) in [5.74, 6) is 1.44. The first-order valence-corrected chi connectivity index (χ1v) is 14.3. The SMILES string of the molecule is CC/C=C(/C=C(/C=Nc1cc(C(NCC2CC2)c2ccc(OC)cc2)ccc1P)Nc1cccc(C#N)c1)C(F)(F)F. The number of benzene rings is 3. The van der Waals surface area contributed by atoms with Crippen molar-refractivity contribution in [2.24, 2.45) is 10.9 Å². The van der Waals surface area contributed by atoms with Gasteiger partial charge in [-0.15, -0.1) is 9.24 Å². The summed E-state index contributed by atoms with van der Waals surface area (Å²) >= 11 is 0. The Bertz CT molecular complexity index is 1500. The van der Waals surface area contributed by atoms with E-state index in [1.807, 2.05) is 48.5 Å². The fourth-order valence-electron chi connectivity index (χ4n) is 4.40. The van der Waals surface area contributed by atoms with Crippen LogP contribution in [0.15, 0.2) is 95.1 Å². The summed E-state index contributed by atoms with van der Waals surface area (Å²) < 4.78 is 46.7. The van der Waals surface area contributed by atoms with Gasteiger partial charge in [0.2, 0.25) is 0 Å². The van der Waals surface area contributed by atoms with Gasteiger partial charge < -0.3 is 15.4 Å². The third kappa shape index (κ3) is 8.79. The number of nitriles is 1. The second-order valence-electron chi connectivity index (χ2n) is 10.1. The third-order valence-electron chi connectivity index (χ3n) is 6.83. The number of hydrogen-bond donors (Lipinski definition) is 2. The van der Waals surface area contributed by atoms with E-state index in [9.17, 15) is 18.4 Å². The molecule has 0 radical (unpaired) electrons. The second-order valence-corrected chi connectivity index (χ2v) is 10.7. The maximum Gasteiger partial charge on any atom is 0.416 e. The summed E-state index contributed by atoms with van der Waals surface area (Å²) in [4.78, 5) is 4.63. The molecule has 0 aliphatic heterocycles. The Morgan fingerprint density at radius 3 is 2.50 bits per heavy atom. The molecule has 1 saturated carbocycles. The number of aliphatic imine (C=N–C) groups is 1. The number of allylic oxidation sites excluding steroid dienone is 4. The van der Waals surface area contributed by atoms with Crippen molar-refractivity contribution in [3.63, 3.8) is 0 Å². The van der Waals surface area contributed by atoms with Crippen LogP contribution in [0.1, 0.15) is 48.9 Å². The highest BCUT2D eigenvalue weighted by Crippen LogP contribution is 2.32. The largest absolute Gasteiger partial charge is 0.497 e. The third-order valence-corrected chi connectivity index (χ3v) is 7.32. The molecule has 42 heavy (non-hydrogen) atoms. The van der Waals surface area contributed by atoms with Gasteiger partial charge >= 0.3 is 6.18 Å². The van der Waals surface area contributed by atoms with Crippen LogP contribution in [0, 0.1) is 17.2 Å². The zero-order valence-corrected chi connectivity index (χ0v) is 24.7. The van der Waals surface area contributed by atoms with E-state index >= 15 is 0 Å². The second kappa shape index (κ2) is 14.3. The van der Waals surface area contributed by atoms with Gasteiger partial charge in [-0.3, -0.25) is 4.99 Å². The number of nitrogens with zero attached hydrogens (tertiary/aromatic N) is 2. The number of methoxy groups -OCH3 is 1. The highest BCUT2D eigenvalue weighted by atomic mass is 31.0. The molecule has 0 aromatic heterocycles. The van der Waals surface area contributed by atoms with Crippen LogP contribution >= 0.6 is 9.24 Å². The molecule has 9 heteroatoms. The molecule has 1 aliphatic rings. The molecule has 0 amide bonds. The van der Waals surface area contributed by atoms with Gasteiger partial charge in [0.05, 0.1) is 48.0 Å². The van der Waals surface area contributed by atoms with Crippen LogP contribution < -0.4 is 20.7 Å². The fourth-order valence-corrected chi connectivity index (χ4v) is 4.66. The van der Waals surface area contributed by atoms with E-state index in [1.165, 1.54) is 19.1 Å².